The molecule has 0 saturated carbocycles. The van der Waals surface area contributed by atoms with Gasteiger partial charge in [0.15, 0.2) is 5.96 Å². The van der Waals surface area contributed by atoms with Crippen molar-refractivity contribution in [1.82, 2.24) is 10.6 Å². The van der Waals surface area contributed by atoms with Gasteiger partial charge in [-0.25, -0.2) is 4.99 Å². The molecule has 0 atom stereocenters. The van der Waals surface area contributed by atoms with Crippen LogP contribution in [0.25, 0.3) is 0 Å². The van der Waals surface area contributed by atoms with Crippen LogP contribution in [0.3, 0.4) is 0 Å². The summed E-state index contributed by atoms with van der Waals surface area (Å²) in [6, 6.07) is 8.36. The Hall–Kier alpha value is -1.20. The molecule has 22 heavy (non-hydrogen) atoms. The first kappa shape index (κ1) is 18.8. The zero-order chi connectivity index (χ0) is 16.0. The molecule has 1 rings (SSSR count). The molecule has 0 aliphatic rings. The fourth-order valence-electron chi connectivity index (χ4n) is 1.96. The molecule has 0 aliphatic carbocycles. The predicted molar refractivity (Wildman–Crippen MR) is 97.6 cm³/mol. The van der Waals surface area contributed by atoms with Crippen LogP contribution in [0.5, 0.6) is 0 Å². The fourth-order valence-corrected chi connectivity index (χ4v) is 2.26. The molecular weight excluding hydrogens is 294 g/mol. The summed E-state index contributed by atoms with van der Waals surface area (Å²) in [6.45, 7) is 8.13. The standard InChI is InChI=1S/C17H29N3OS/c1-4-11-21-14-16-9-7-6-8-15(16)13-20-17(18-5-2)19-10-12-22-3/h6-9H,4-5,10-14H2,1-3H3,(H2,18,19,20). The first-order chi connectivity index (χ1) is 10.8. The first-order valence-corrected chi connectivity index (χ1v) is 9.36. The summed E-state index contributed by atoms with van der Waals surface area (Å²) >= 11 is 1.83. The lowest BCUT2D eigenvalue weighted by Crippen LogP contribution is -2.38. The predicted octanol–water partition coefficient (Wildman–Crippen LogP) is 3.03. The van der Waals surface area contributed by atoms with Crippen LogP contribution in [0.4, 0.5) is 0 Å². The largest absolute Gasteiger partial charge is 0.377 e. The highest BCUT2D eigenvalue weighted by Crippen LogP contribution is 2.11. The van der Waals surface area contributed by atoms with Crippen LogP contribution >= 0.6 is 11.8 Å². The third-order valence-electron chi connectivity index (χ3n) is 3.07. The van der Waals surface area contributed by atoms with Crippen LogP contribution in [-0.4, -0.2) is 37.7 Å². The number of nitrogens with one attached hydrogen (secondary N) is 2. The molecular formula is C17H29N3OS. The van der Waals surface area contributed by atoms with Crippen LogP contribution < -0.4 is 10.6 Å². The van der Waals surface area contributed by atoms with Gasteiger partial charge in [-0.1, -0.05) is 31.2 Å². The Labute approximate surface area is 139 Å². The van der Waals surface area contributed by atoms with Gasteiger partial charge >= 0.3 is 0 Å². The Kier molecular flexibility index (Phi) is 10.6. The van der Waals surface area contributed by atoms with Crippen molar-refractivity contribution in [3.8, 4) is 0 Å². The smallest absolute Gasteiger partial charge is 0.191 e. The van der Waals surface area contributed by atoms with E-state index in [1.54, 1.807) is 0 Å². The molecule has 1 aromatic rings. The number of hydrogen-bond donors (Lipinski definition) is 2. The van der Waals surface area contributed by atoms with E-state index in [2.05, 4.69) is 60.0 Å². The first-order valence-electron chi connectivity index (χ1n) is 7.97. The minimum Gasteiger partial charge on any atom is -0.377 e. The molecule has 0 aliphatic heterocycles. The number of benzene rings is 1. The minimum absolute atomic E-state index is 0.663. The summed E-state index contributed by atoms with van der Waals surface area (Å²) in [6.07, 6.45) is 3.16. The summed E-state index contributed by atoms with van der Waals surface area (Å²) in [7, 11) is 0. The Morgan fingerprint density at radius 3 is 2.64 bits per heavy atom. The van der Waals surface area contributed by atoms with Crippen LogP contribution in [0.2, 0.25) is 0 Å². The summed E-state index contributed by atoms with van der Waals surface area (Å²) in [5.74, 6) is 1.95. The quantitative estimate of drug-likeness (QED) is 0.395. The number of ether oxygens (including phenoxy) is 1. The number of thioether (sulfide) groups is 1. The minimum atomic E-state index is 0.663. The molecule has 0 saturated heterocycles. The van der Waals surface area contributed by atoms with E-state index in [0.717, 1.165) is 37.8 Å². The van der Waals surface area contributed by atoms with E-state index >= 15 is 0 Å². The van der Waals surface area contributed by atoms with E-state index < -0.39 is 0 Å². The van der Waals surface area contributed by atoms with E-state index in [9.17, 15) is 0 Å². The molecule has 5 heteroatoms. The van der Waals surface area contributed by atoms with E-state index in [0.29, 0.717) is 13.2 Å². The molecule has 0 radical (unpaired) electrons. The highest BCUT2D eigenvalue weighted by Gasteiger charge is 2.02. The number of nitrogens with zero attached hydrogens (tertiary/aromatic N) is 1. The van der Waals surface area contributed by atoms with Crippen molar-refractivity contribution in [3.63, 3.8) is 0 Å². The van der Waals surface area contributed by atoms with Gasteiger partial charge in [0, 0.05) is 25.4 Å². The van der Waals surface area contributed by atoms with Crippen LogP contribution in [0, 0.1) is 0 Å². The molecule has 124 valence electrons. The summed E-state index contributed by atoms with van der Waals surface area (Å²) < 4.78 is 5.66. The number of hydrogen-bond acceptors (Lipinski definition) is 3. The van der Waals surface area contributed by atoms with Gasteiger partial charge in [-0.3, -0.25) is 0 Å². The molecule has 1 aromatic carbocycles. The lowest BCUT2D eigenvalue weighted by Gasteiger charge is -2.12. The molecule has 2 N–H and O–H groups in total. The molecule has 0 heterocycles. The van der Waals surface area contributed by atoms with E-state index in [1.165, 1.54) is 11.1 Å². The maximum atomic E-state index is 5.66. The van der Waals surface area contributed by atoms with Crippen LogP contribution in [0.1, 0.15) is 31.4 Å². The van der Waals surface area contributed by atoms with Crippen molar-refractivity contribution in [1.29, 1.82) is 0 Å². The Balaban J connectivity index is 2.63. The highest BCUT2D eigenvalue weighted by molar-refractivity contribution is 7.98. The molecule has 4 nitrogen and oxygen atoms in total. The molecule has 0 unspecified atom stereocenters. The number of rotatable bonds is 10. The topological polar surface area (TPSA) is 45.6 Å². The van der Waals surface area contributed by atoms with Crippen molar-refractivity contribution >= 4 is 17.7 Å². The molecule has 0 aromatic heterocycles. The second-order valence-electron chi connectivity index (χ2n) is 4.94. The summed E-state index contributed by atoms with van der Waals surface area (Å²) in [4.78, 5) is 4.67. The monoisotopic (exact) mass is 323 g/mol. The van der Waals surface area contributed by atoms with Gasteiger partial charge in [0.2, 0.25) is 0 Å². The lowest BCUT2D eigenvalue weighted by atomic mass is 10.1. The average molecular weight is 324 g/mol. The van der Waals surface area contributed by atoms with Crippen LogP contribution in [0.15, 0.2) is 29.3 Å². The van der Waals surface area contributed by atoms with Crippen molar-refractivity contribution in [2.75, 3.05) is 31.7 Å². The average Bonchev–Trinajstić information content (AvgIpc) is 2.54. The van der Waals surface area contributed by atoms with Crippen molar-refractivity contribution in [3.05, 3.63) is 35.4 Å². The zero-order valence-corrected chi connectivity index (χ0v) is 14.8. The molecule has 0 bridgehead atoms. The maximum absolute atomic E-state index is 5.66. The maximum Gasteiger partial charge on any atom is 0.191 e. The van der Waals surface area contributed by atoms with Gasteiger partial charge in [0.25, 0.3) is 0 Å². The Bertz CT molecular complexity index is 438. The molecule has 0 amide bonds. The lowest BCUT2D eigenvalue weighted by molar-refractivity contribution is 0.121. The Morgan fingerprint density at radius 1 is 1.18 bits per heavy atom. The van der Waals surface area contributed by atoms with Gasteiger partial charge in [0.1, 0.15) is 0 Å². The SMILES string of the molecule is CCCOCc1ccccc1CN=C(NCC)NCCSC. The molecule has 0 fully saturated rings. The van der Waals surface area contributed by atoms with E-state index in [1.807, 2.05) is 11.8 Å². The summed E-state index contributed by atoms with van der Waals surface area (Å²) in [5, 5.41) is 6.63. The van der Waals surface area contributed by atoms with Gasteiger partial charge in [-0.2, -0.15) is 11.8 Å². The van der Waals surface area contributed by atoms with Gasteiger partial charge < -0.3 is 15.4 Å². The second kappa shape index (κ2) is 12.4. The van der Waals surface area contributed by atoms with E-state index in [-0.39, 0.29) is 0 Å². The van der Waals surface area contributed by atoms with Crippen molar-refractivity contribution in [2.24, 2.45) is 4.99 Å². The number of aliphatic imine (C=N–C) groups is 1. The fraction of sp³-hybridized carbons (Fsp3) is 0.588. The third kappa shape index (κ3) is 7.71. The van der Waals surface area contributed by atoms with Crippen LogP contribution in [-0.2, 0) is 17.9 Å². The molecule has 0 spiro atoms. The van der Waals surface area contributed by atoms with Gasteiger partial charge in [-0.05, 0) is 30.7 Å². The van der Waals surface area contributed by atoms with Crippen molar-refractivity contribution < 1.29 is 4.74 Å². The zero-order valence-electron chi connectivity index (χ0n) is 14.0. The summed E-state index contributed by atoms with van der Waals surface area (Å²) in [5.41, 5.74) is 2.44. The van der Waals surface area contributed by atoms with E-state index in [4.69, 9.17) is 4.74 Å². The highest BCUT2D eigenvalue weighted by atomic mass is 32.2. The number of guanidine groups is 1. The Morgan fingerprint density at radius 2 is 1.95 bits per heavy atom. The van der Waals surface area contributed by atoms with Gasteiger partial charge in [-0.15, -0.1) is 0 Å². The van der Waals surface area contributed by atoms with Gasteiger partial charge in [0.05, 0.1) is 13.2 Å². The third-order valence-corrected chi connectivity index (χ3v) is 3.69. The normalized spacial score (nSPS) is 11.5. The van der Waals surface area contributed by atoms with Crippen molar-refractivity contribution in [2.45, 2.75) is 33.4 Å². The second-order valence-corrected chi connectivity index (χ2v) is 5.92.